The third-order valence-corrected chi connectivity index (χ3v) is 5.24. The Balaban J connectivity index is 2.24. The lowest BCUT2D eigenvalue weighted by atomic mass is 10.2. The Bertz CT molecular complexity index is 819. The highest BCUT2D eigenvalue weighted by Gasteiger charge is 2.28. The van der Waals surface area contributed by atoms with Crippen molar-refractivity contribution in [2.45, 2.75) is 4.90 Å². The van der Waals surface area contributed by atoms with Crippen LogP contribution in [0.25, 0.3) is 0 Å². The van der Waals surface area contributed by atoms with E-state index in [0.29, 0.717) is 18.8 Å². The van der Waals surface area contributed by atoms with Gasteiger partial charge >= 0.3 is 0 Å². The summed E-state index contributed by atoms with van der Waals surface area (Å²) >= 11 is 0. The van der Waals surface area contributed by atoms with Crippen molar-refractivity contribution in [1.82, 2.24) is 9.62 Å². The Hall–Kier alpha value is -2.48. The second-order valence-corrected chi connectivity index (χ2v) is 7.09. The standard InChI is InChI=1S/C18H20N2O4S/c1-3-5-9-16(7-4-2)19-18(21)15-8-6-10-17(13-15)25(22,23)20-11-12-24-14-20/h3-10,13H,1-2,11-12,14H2,(H,19,21)/b9-5-,16-7+. The molecule has 1 fully saturated rings. The molecule has 1 heterocycles. The van der Waals surface area contributed by atoms with Gasteiger partial charge in [0.15, 0.2) is 0 Å². The molecule has 6 nitrogen and oxygen atoms in total. The molecule has 0 atom stereocenters. The maximum absolute atomic E-state index is 12.5. The molecule has 25 heavy (non-hydrogen) atoms. The van der Waals surface area contributed by atoms with Crippen molar-refractivity contribution in [3.05, 3.63) is 79.1 Å². The highest BCUT2D eigenvalue weighted by molar-refractivity contribution is 7.89. The smallest absolute Gasteiger partial charge is 0.255 e. The lowest BCUT2D eigenvalue weighted by molar-refractivity contribution is 0.0967. The van der Waals surface area contributed by atoms with Crippen LogP contribution in [-0.4, -0.2) is 38.5 Å². The fourth-order valence-corrected chi connectivity index (χ4v) is 3.53. The molecule has 0 saturated carbocycles. The van der Waals surface area contributed by atoms with Crippen LogP contribution in [0.2, 0.25) is 0 Å². The molecule has 1 aliphatic heterocycles. The Labute approximate surface area is 147 Å². The number of amides is 1. The summed E-state index contributed by atoms with van der Waals surface area (Å²) in [5.41, 5.74) is 0.754. The molecule has 1 aromatic carbocycles. The number of hydrogen-bond acceptors (Lipinski definition) is 4. The number of hydrogen-bond donors (Lipinski definition) is 1. The van der Waals surface area contributed by atoms with Gasteiger partial charge in [0.2, 0.25) is 10.0 Å². The SMILES string of the molecule is C=C/C=C\C(=C/C=C)NC(=O)c1cccc(S(=O)(=O)N2CCOC2)c1. The Morgan fingerprint density at radius 2 is 2.08 bits per heavy atom. The molecule has 0 aliphatic carbocycles. The first kappa shape index (κ1) is 18.9. The van der Waals surface area contributed by atoms with Gasteiger partial charge in [0.05, 0.1) is 11.5 Å². The Morgan fingerprint density at radius 3 is 2.72 bits per heavy atom. The van der Waals surface area contributed by atoms with Gasteiger partial charge in [-0.1, -0.05) is 37.5 Å². The zero-order valence-electron chi connectivity index (χ0n) is 13.7. The number of nitrogens with zero attached hydrogens (tertiary/aromatic N) is 1. The van der Waals surface area contributed by atoms with Gasteiger partial charge in [-0.3, -0.25) is 4.79 Å². The molecular weight excluding hydrogens is 340 g/mol. The lowest BCUT2D eigenvalue weighted by Crippen LogP contribution is -2.29. The van der Waals surface area contributed by atoms with Gasteiger partial charge in [-0.15, -0.1) is 0 Å². The van der Waals surface area contributed by atoms with Crippen LogP contribution >= 0.6 is 0 Å². The van der Waals surface area contributed by atoms with Crippen molar-refractivity contribution >= 4 is 15.9 Å². The number of carbonyl (C=O) groups excluding carboxylic acids is 1. The van der Waals surface area contributed by atoms with Gasteiger partial charge in [0.25, 0.3) is 5.91 Å². The monoisotopic (exact) mass is 360 g/mol. The predicted octanol–water partition coefficient (Wildman–Crippen LogP) is 2.21. The zero-order valence-corrected chi connectivity index (χ0v) is 14.5. The molecule has 0 radical (unpaired) electrons. The maximum Gasteiger partial charge on any atom is 0.255 e. The Kier molecular flexibility index (Phi) is 6.46. The van der Waals surface area contributed by atoms with Gasteiger partial charge < -0.3 is 10.1 Å². The highest BCUT2D eigenvalue weighted by Crippen LogP contribution is 2.19. The molecule has 1 N–H and O–H groups in total. The van der Waals surface area contributed by atoms with Crippen LogP contribution in [-0.2, 0) is 14.8 Å². The molecular formula is C18H20N2O4S. The zero-order chi connectivity index (χ0) is 18.3. The summed E-state index contributed by atoms with van der Waals surface area (Å²) in [5.74, 6) is -0.420. The summed E-state index contributed by atoms with van der Waals surface area (Å²) < 4.78 is 31.4. The second kappa shape index (κ2) is 8.57. The first-order chi connectivity index (χ1) is 12.0. The molecule has 7 heteroatoms. The summed E-state index contributed by atoms with van der Waals surface area (Å²) in [4.78, 5) is 12.5. The number of nitrogens with one attached hydrogen (secondary N) is 1. The average Bonchev–Trinajstić information content (AvgIpc) is 3.15. The molecule has 0 aromatic heterocycles. The van der Waals surface area contributed by atoms with Gasteiger partial charge in [-0.05, 0) is 30.4 Å². The van der Waals surface area contributed by atoms with Crippen molar-refractivity contribution in [3.8, 4) is 0 Å². The number of benzene rings is 1. The fourth-order valence-electron chi connectivity index (χ4n) is 2.17. The minimum Gasteiger partial charge on any atom is -0.364 e. The maximum atomic E-state index is 12.5. The number of ether oxygens (including phenoxy) is 1. The van der Waals surface area contributed by atoms with E-state index in [4.69, 9.17) is 4.74 Å². The molecule has 1 amide bonds. The summed E-state index contributed by atoms with van der Waals surface area (Å²) in [6.45, 7) is 7.86. The van der Waals surface area contributed by atoms with Crippen molar-refractivity contribution in [1.29, 1.82) is 0 Å². The molecule has 0 unspecified atom stereocenters. The van der Waals surface area contributed by atoms with Crippen molar-refractivity contribution in [2.75, 3.05) is 19.9 Å². The fraction of sp³-hybridized carbons (Fsp3) is 0.167. The normalized spacial score (nSPS) is 16.1. The van der Waals surface area contributed by atoms with Crippen LogP contribution < -0.4 is 5.32 Å². The van der Waals surface area contributed by atoms with E-state index >= 15 is 0 Å². The van der Waals surface area contributed by atoms with E-state index in [9.17, 15) is 13.2 Å². The van der Waals surface area contributed by atoms with E-state index in [1.165, 1.54) is 28.6 Å². The number of rotatable bonds is 7. The van der Waals surface area contributed by atoms with Crippen LogP contribution in [0.4, 0.5) is 0 Å². The minimum absolute atomic E-state index is 0.0251. The molecule has 0 bridgehead atoms. The molecule has 1 aromatic rings. The summed E-state index contributed by atoms with van der Waals surface area (Å²) in [5, 5.41) is 2.70. The molecule has 1 aliphatic rings. The first-order valence-electron chi connectivity index (χ1n) is 7.60. The lowest BCUT2D eigenvalue weighted by Gasteiger charge is -2.14. The van der Waals surface area contributed by atoms with Gasteiger partial charge in [-0.25, -0.2) is 8.42 Å². The van der Waals surface area contributed by atoms with E-state index in [1.807, 2.05) is 0 Å². The number of carbonyl (C=O) groups is 1. The van der Waals surface area contributed by atoms with Gasteiger partial charge in [0, 0.05) is 17.8 Å². The largest absolute Gasteiger partial charge is 0.364 e. The molecule has 2 rings (SSSR count). The van der Waals surface area contributed by atoms with Crippen LogP contribution in [0.1, 0.15) is 10.4 Å². The van der Waals surface area contributed by atoms with Crippen LogP contribution in [0.3, 0.4) is 0 Å². The summed E-state index contributed by atoms with van der Waals surface area (Å²) in [6, 6.07) is 5.90. The minimum atomic E-state index is -3.68. The predicted molar refractivity (Wildman–Crippen MR) is 96.2 cm³/mol. The van der Waals surface area contributed by atoms with Crippen LogP contribution in [0, 0.1) is 0 Å². The van der Waals surface area contributed by atoms with Crippen LogP contribution in [0.5, 0.6) is 0 Å². The van der Waals surface area contributed by atoms with E-state index in [2.05, 4.69) is 18.5 Å². The topological polar surface area (TPSA) is 75.7 Å². The summed E-state index contributed by atoms with van der Waals surface area (Å²) in [6.07, 6.45) is 8.07. The second-order valence-electron chi connectivity index (χ2n) is 5.15. The summed E-state index contributed by atoms with van der Waals surface area (Å²) in [7, 11) is -3.68. The van der Waals surface area contributed by atoms with Crippen molar-refractivity contribution in [2.24, 2.45) is 0 Å². The van der Waals surface area contributed by atoms with Crippen molar-refractivity contribution < 1.29 is 17.9 Å². The quantitative estimate of drug-likeness (QED) is 0.757. The molecule has 1 saturated heterocycles. The molecule has 0 spiro atoms. The van der Waals surface area contributed by atoms with Gasteiger partial charge in [-0.2, -0.15) is 4.31 Å². The average molecular weight is 360 g/mol. The highest BCUT2D eigenvalue weighted by atomic mass is 32.2. The number of allylic oxidation sites excluding steroid dienone is 5. The van der Waals surface area contributed by atoms with E-state index in [-0.39, 0.29) is 17.2 Å². The van der Waals surface area contributed by atoms with E-state index < -0.39 is 15.9 Å². The van der Waals surface area contributed by atoms with Crippen molar-refractivity contribution in [3.63, 3.8) is 0 Å². The molecule has 132 valence electrons. The third kappa shape index (κ3) is 4.76. The van der Waals surface area contributed by atoms with Crippen LogP contribution in [0.15, 0.2) is 78.4 Å². The van der Waals surface area contributed by atoms with E-state index in [0.717, 1.165) is 0 Å². The van der Waals surface area contributed by atoms with E-state index in [1.54, 1.807) is 30.4 Å². The Morgan fingerprint density at radius 1 is 1.28 bits per heavy atom. The third-order valence-electron chi connectivity index (χ3n) is 3.42. The number of sulfonamides is 1. The van der Waals surface area contributed by atoms with Gasteiger partial charge in [0.1, 0.15) is 6.73 Å². The first-order valence-corrected chi connectivity index (χ1v) is 9.04.